The number of hydrogen-bond acceptors (Lipinski definition) is 6. The van der Waals surface area contributed by atoms with Crippen molar-refractivity contribution < 1.29 is 0 Å². The van der Waals surface area contributed by atoms with E-state index < -0.39 is 0 Å². The first-order chi connectivity index (χ1) is 14.7. The number of hydrogen-bond donors (Lipinski definition) is 1. The molecule has 0 aliphatic heterocycles. The summed E-state index contributed by atoms with van der Waals surface area (Å²) in [4.78, 5) is 9.34. The number of rotatable bonds is 4. The minimum absolute atomic E-state index is 0.592. The van der Waals surface area contributed by atoms with Gasteiger partial charge in [-0.25, -0.2) is 4.98 Å². The van der Waals surface area contributed by atoms with E-state index in [1.807, 2.05) is 49.4 Å². The molecule has 0 radical (unpaired) electrons. The molecule has 1 N–H and O–H groups in total. The number of aromatic nitrogens is 6. The van der Waals surface area contributed by atoms with Crippen LogP contribution in [0.15, 0.2) is 42.9 Å². The predicted octanol–water partition coefficient (Wildman–Crippen LogP) is 4.92. The van der Waals surface area contributed by atoms with E-state index in [4.69, 9.17) is 4.98 Å². The van der Waals surface area contributed by atoms with E-state index in [1.165, 1.54) is 37.7 Å². The first kappa shape index (κ1) is 18.7. The zero-order valence-electron chi connectivity index (χ0n) is 17.3. The lowest BCUT2D eigenvalue weighted by molar-refractivity contribution is 0.442. The van der Waals surface area contributed by atoms with Gasteiger partial charge in [0.15, 0.2) is 5.82 Å². The topological polar surface area (TPSA) is 81.4 Å². The summed E-state index contributed by atoms with van der Waals surface area (Å²) < 4.78 is 1.82. The maximum Gasteiger partial charge on any atom is 0.154 e. The van der Waals surface area contributed by atoms with Gasteiger partial charge in [-0.2, -0.15) is 10.2 Å². The molecule has 1 aliphatic rings. The fourth-order valence-electron chi connectivity index (χ4n) is 4.34. The van der Waals surface area contributed by atoms with Crippen molar-refractivity contribution >= 4 is 22.7 Å². The Morgan fingerprint density at radius 2 is 1.87 bits per heavy atom. The SMILES string of the molecule is Cc1nn(C)cc1-c1cnc2ccc(Nc3cc(C4CCCCC4)cnn3)nc2c1. The minimum Gasteiger partial charge on any atom is -0.323 e. The lowest BCUT2D eigenvalue weighted by Gasteiger charge is -2.21. The highest BCUT2D eigenvalue weighted by Gasteiger charge is 2.16. The van der Waals surface area contributed by atoms with Crippen LogP contribution in [0.1, 0.15) is 49.3 Å². The van der Waals surface area contributed by atoms with Crippen LogP contribution in [0.2, 0.25) is 0 Å². The molecule has 0 aromatic carbocycles. The molecule has 4 aromatic heterocycles. The van der Waals surface area contributed by atoms with Crippen LogP contribution in [0.3, 0.4) is 0 Å². The first-order valence-electron chi connectivity index (χ1n) is 10.5. The van der Waals surface area contributed by atoms with Gasteiger partial charge in [0.05, 0.1) is 22.9 Å². The standard InChI is InChI=1S/C23H25N7/c1-15-19(14-30(2)29-15)18-10-21-20(24-12-18)8-9-22(26-21)27-23-11-17(13-25-28-23)16-6-4-3-5-7-16/h8-14,16H,3-7H2,1-2H3,(H,26,27,28). The van der Waals surface area contributed by atoms with Crippen LogP contribution in [-0.4, -0.2) is 29.9 Å². The molecule has 7 heteroatoms. The highest BCUT2D eigenvalue weighted by molar-refractivity contribution is 5.82. The van der Waals surface area contributed by atoms with Crippen molar-refractivity contribution in [2.45, 2.75) is 44.9 Å². The Balaban J connectivity index is 1.43. The largest absolute Gasteiger partial charge is 0.323 e. The summed E-state index contributed by atoms with van der Waals surface area (Å²) in [6.45, 7) is 2.00. The van der Waals surface area contributed by atoms with E-state index in [1.54, 1.807) is 0 Å². The number of aryl methyl sites for hydroxylation is 2. The van der Waals surface area contributed by atoms with Crippen LogP contribution in [-0.2, 0) is 7.05 Å². The van der Waals surface area contributed by atoms with Gasteiger partial charge in [-0.3, -0.25) is 9.67 Å². The van der Waals surface area contributed by atoms with E-state index in [-0.39, 0.29) is 0 Å². The second-order valence-electron chi connectivity index (χ2n) is 8.09. The van der Waals surface area contributed by atoms with E-state index in [0.29, 0.717) is 5.92 Å². The molecule has 4 aromatic rings. The van der Waals surface area contributed by atoms with Crippen molar-refractivity contribution in [2.75, 3.05) is 5.32 Å². The van der Waals surface area contributed by atoms with Gasteiger partial charge in [0.25, 0.3) is 0 Å². The number of pyridine rings is 2. The first-order valence-corrected chi connectivity index (χ1v) is 10.5. The summed E-state index contributed by atoms with van der Waals surface area (Å²) in [5, 5.41) is 16.2. The maximum absolute atomic E-state index is 4.77. The van der Waals surface area contributed by atoms with Crippen LogP contribution in [0.25, 0.3) is 22.2 Å². The van der Waals surface area contributed by atoms with E-state index in [2.05, 4.69) is 37.7 Å². The normalized spacial score (nSPS) is 14.9. The Morgan fingerprint density at radius 3 is 2.67 bits per heavy atom. The molecule has 4 heterocycles. The second kappa shape index (κ2) is 7.82. The number of anilines is 2. The molecule has 0 saturated heterocycles. The van der Waals surface area contributed by atoms with Gasteiger partial charge in [0.2, 0.25) is 0 Å². The zero-order chi connectivity index (χ0) is 20.5. The lowest BCUT2D eigenvalue weighted by Crippen LogP contribution is -2.06. The molecule has 30 heavy (non-hydrogen) atoms. The molecular weight excluding hydrogens is 374 g/mol. The van der Waals surface area contributed by atoms with Crippen LogP contribution < -0.4 is 5.32 Å². The Hall–Kier alpha value is -3.35. The molecule has 152 valence electrons. The maximum atomic E-state index is 4.77. The molecule has 0 unspecified atom stereocenters. The van der Waals surface area contributed by atoms with Crippen LogP contribution in [0.4, 0.5) is 11.6 Å². The molecule has 1 aliphatic carbocycles. The van der Waals surface area contributed by atoms with E-state index >= 15 is 0 Å². The van der Waals surface area contributed by atoms with Gasteiger partial charge < -0.3 is 5.32 Å². The molecule has 7 nitrogen and oxygen atoms in total. The molecule has 1 saturated carbocycles. The van der Waals surface area contributed by atoms with Gasteiger partial charge in [-0.15, -0.1) is 5.10 Å². The van der Waals surface area contributed by atoms with Crippen LogP contribution in [0, 0.1) is 6.92 Å². The van der Waals surface area contributed by atoms with E-state index in [0.717, 1.165) is 39.5 Å². The Bertz CT molecular complexity index is 1190. The number of nitrogens with one attached hydrogen (secondary N) is 1. The van der Waals surface area contributed by atoms with Gasteiger partial charge in [-0.05, 0) is 55.5 Å². The zero-order valence-corrected chi connectivity index (χ0v) is 17.3. The summed E-state index contributed by atoms with van der Waals surface area (Å²) in [5.74, 6) is 2.06. The third-order valence-electron chi connectivity index (χ3n) is 5.87. The fraction of sp³-hybridized carbons (Fsp3) is 0.348. The van der Waals surface area contributed by atoms with Crippen molar-refractivity contribution in [3.63, 3.8) is 0 Å². The summed E-state index contributed by atoms with van der Waals surface area (Å²) in [6, 6.07) is 8.08. The lowest BCUT2D eigenvalue weighted by atomic mass is 9.85. The van der Waals surface area contributed by atoms with Crippen molar-refractivity contribution in [1.29, 1.82) is 0 Å². The van der Waals surface area contributed by atoms with Crippen molar-refractivity contribution in [3.05, 3.63) is 54.1 Å². The molecule has 0 spiro atoms. The predicted molar refractivity (Wildman–Crippen MR) is 118 cm³/mol. The Kier molecular flexibility index (Phi) is 4.86. The summed E-state index contributed by atoms with van der Waals surface area (Å²) in [7, 11) is 1.92. The second-order valence-corrected chi connectivity index (χ2v) is 8.09. The quantitative estimate of drug-likeness (QED) is 0.524. The summed E-state index contributed by atoms with van der Waals surface area (Å²) in [6.07, 6.45) is 12.2. The Labute approximate surface area is 175 Å². The Morgan fingerprint density at radius 1 is 1.00 bits per heavy atom. The van der Waals surface area contributed by atoms with Crippen molar-refractivity contribution in [3.8, 4) is 11.1 Å². The van der Waals surface area contributed by atoms with Crippen LogP contribution >= 0.6 is 0 Å². The number of fused-ring (bicyclic) bond motifs is 1. The van der Waals surface area contributed by atoms with E-state index in [9.17, 15) is 0 Å². The van der Waals surface area contributed by atoms with Crippen molar-refractivity contribution in [2.24, 2.45) is 7.05 Å². The summed E-state index contributed by atoms with van der Waals surface area (Å²) >= 11 is 0. The third-order valence-corrected chi connectivity index (χ3v) is 5.87. The average molecular weight is 400 g/mol. The molecule has 0 bridgehead atoms. The van der Waals surface area contributed by atoms with Gasteiger partial charge in [0, 0.05) is 30.6 Å². The third kappa shape index (κ3) is 3.75. The van der Waals surface area contributed by atoms with Crippen molar-refractivity contribution in [1.82, 2.24) is 29.9 Å². The molecule has 0 atom stereocenters. The highest BCUT2D eigenvalue weighted by Crippen LogP contribution is 2.33. The molecule has 0 amide bonds. The van der Waals surface area contributed by atoms with Crippen LogP contribution in [0.5, 0.6) is 0 Å². The summed E-state index contributed by atoms with van der Waals surface area (Å²) in [5.41, 5.74) is 6.01. The van der Waals surface area contributed by atoms with Gasteiger partial charge in [0.1, 0.15) is 5.82 Å². The molecule has 5 rings (SSSR count). The monoisotopic (exact) mass is 399 g/mol. The number of nitrogens with zero attached hydrogens (tertiary/aromatic N) is 6. The van der Waals surface area contributed by atoms with Gasteiger partial charge >= 0.3 is 0 Å². The molecule has 1 fully saturated rings. The van der Waals surface area contributed by atoms with Gasteiger partial charge in [-0.1, -0.05) is 19.3 Å². The molecular formula is C23H25N7. The fourth-order valence-corrected chi connectivity index (χ4v) is 4.34. The smallest absolute Gasteiger partial charge is 0.154 e. The average Bonchev–Trinajstić information content (AvgIpc) is 3.12. The minimum atomic E-state index is 0.592. The highest BCUT2D eigenvalue weighted by atomic mass is 15.2.